The molecular formula is C17H11BrF3N3OS. The summed E-state index contributed by atoms with van der Waals surface area (Å²) in [5.41, 5.74) is 3.41. The van der Waals surface area contributed by atoms with Gasteiger partial charge in [0, 0.05) is 16.5 Å². The predicted octanol–water partition coefficient (Wildman–Crippen LogP) is 5.74. The number of phenols is 1. The van der Waals surface area contributed by atoms with E-state index in [0.29, 0.717) is 5.13 Å². The molecule has 0 radical (unpaired) electrons. The number of benzene rings is 2. The Balaban J connectivity index is 1.77. The Bertz CT molecular complexity index is 942. The van der Waals surface area contributed by atoms with Crippen molar-refractivity contribution in [2.24, 2.45) is 5.10 Å². The van der Waals surface area contributed by atoms with Gasteiger partial charge in [-0.2, -0.15) is 18.3 Å². The maximum absolute atomic E-state index is 12.9. The van der Waals surface area contributed by atoms with Crippen LogP contribution in [0.4, 0.5) is 18.3 Å². The summed E-state index contributed by atoms with van der Waals surface area (Å²) in [5, 5.41) is 16.1. The van der Waals surface area contributed by atoms with E-state index >= 15 is 0 Å². The van der Waals surface area contributed by atoms with Crippen LogP contribution < -0.4 is 5.43 Å². The van der Waals surface area contributed by atoms with Crippen molar-refractivity contribution < 1.29 is 18.3 Å². The summed E-state index contributed by atoms with van der Waals surface area (Å²) >= 11 is 4.22. The lowest BCUT2D eigenvalue weighted by atomic mass is 10.1. The molecule has 1 aromatic heterocycles. The first-order chi connectivity index (χ1) is 12.3. The first kappa shape index (κ1) is 18.4. The van der Waals surface area contributed by atoms with E-state index in [0.717, 1.165) is 29.6 Å². The van der Waals surface area contributed by atoms with Crippen LogP contribution in [0.2, 0.25) is 0 Å². The Morgan fingerprint density at radius 2 is 1.92 bits per heavy atom. The Morgan fingerprint density at radius 1 is 1.19 bits per heavy atom. The molecule has 2 aromatic carbocycles. The van der Waals surface area contributed by atoms with Gasteiger partial charge in [0.25, 0.3) is 0 Å². The first-order valence-corrected chi connectivity index (χ1v) is 8.91. The highest BCUT2D eigenvalue weighted by Crippen LogP contribution is 2.36. The number of thiazole rings is 1. The maximum atomic E-state index is 12.9. The van der Waals surface area contributed by atoms with Crippen molar-refractivity contribution in [2.45, 2.75) is 6.18 Å². The normalized spacial score (nSPS) is 11.8. The number of hydrogen-bond acceptors (Lipinski definition) is 5. The number of anilines is 1. The number of hydrazone groups is 1. The smallest absolute Gasteiger partial charge is 0.416 e. The molecule has 0 unspecified atom stereocenters. The van der Waals surface area contributed by atoms with Crippen molar-refractivity contribution in [3.63, 3.8) is 0 Å². The standard InChI is InChI=1S/C17H11BrF3N3OS/c18-13-7-12(17(19,20)21)6-11(15(13)25)8-22-24-16-23-14(9-26-16)10-4-2-1-3-5-10/h1-9,25H,(H,23,24). The largest absolute Gasteiger partial charge is 0.506 e. The van der Waals surface area contributed by atoms with E-state index in [1.54, 1.807) is 0 Å². The lowest BCUT2D eigenvalue weighted by molar-refractivity contribution is -0.137. The third-order valence-electron chi connectivity index (χ3n) is 3.36. The summed E-state index contributed by atoms with van der Waals surface area (Å²) in [6.07, 6.45) is -3.41. The van der Waals surface area contributed by atoms with Crippen LogP contribution in [0.25, 0.3) is 11.3 Å². The molecule has 0 atom stereocenters. The van der Waals surface area contributed by atoms with Crippen molar-refractivity contribution in [1.29, 1.82) is 0 Å². The minimum Gasteiger partial charge on any atom is -0.506 e. The zero-order valence-electron chi connectivity index (χ0n) is 13.0. The quantitative estimate of drug-likeness (QED) is 0.400. The number of halogens is 4. The van der Waals surface area contributed by atoms with Gasteiger partial charge in [0.05, 0.1) is 21.9 Å². The van der Waals surface area contributed by atoms with E-state index in [1.165, 1.54) is 11.3 Å². The van der Waals surface area contributed by atoms with Crippen LogP contribution in [0.1, 0.15) is 11.1 Å². The molecule has 0 aliphatic carbocycles. The highest BCUT2D eigenvalue weighted by Gasteiger charge is 2.31. The molecule has 3 rings (SSSR count). The molecule has 0 saturated carbocycles. The fourth-order valence-electron chi connectivity index (χ4n) is 2.11. The molecule has 0 bridgehead atoms. The molecule has 9 heteroatoms. The molecule has 0 amide bonds. The molecule has 1 heterocycles. The fraction of sp³-hybridized carbons (Fsp3) is 0.0588. The van der Waals surface area contributed by atoms with Crippen molar-refractivity contribution in [1.82, 2.24) is 4.98 Å². The van der Waals surface area contributed by atoms with Gasteiger partial charge in [0.2, 0.25) is 5.13 Å². The topological polar surface area (TPSA) is 57.5 Å². The van der Waals surface area contributed by atoms with E-state index in [4.69, 9.17) is 0 Å². The Morgan fingerprint density at radius 3 is 2.62 bits per heavy atom. The molecule has 0 saturated heterocycles. The molecule has 3 aromatic rings. The minimum absolute atomic E-state index is 0.0608. The molecule has 0 spiro atoms. The number of aromatic hydroxyl groups is 1. The van der Waals surface area contributed by atoms with E-state index in [9.17, 15) is 18.3 Å². The predicted molar refractivity (Wildman–Crippen MR) is 99.6 cm³/mol. The maximum Gasteiger partial charge on any atom is 0.416 e. The van der Waals surface area contributed by atoms with Crippen molar-refractivity contribution >= 4 is 38.6 Å². The van der Waals surface area contributed by atoms with Crippen molar-refractivity contribution in [3.05, 3.63) is 63.4 Å². The van der Waals surface area contributed by atoms with Gasteiger partial charge >= 0.3 is 6.18 Å². The van der Waals surface area contributed by atoms with Crippen LogP contribution in [-0.4, -0.2) is 16.3 Å². The van der Waals surface area contributed by atoms with Gasteiger partial charge in [-0.05, 0) is 28.1 Å². The number of hydrogen-bond donors (Lipinski definition) is 2. The third kappa shape index (κ3) is 4.23. The highest BCUT2D eigenvalue weighted by atomic mass is 79.9. The van der Waals surface area contributed by atoms with E-state index in [-0.39, 0.29) is 15.8 Å². The monoisotopic (exact) mass is 441 g/mol. The Hall–Kier alpha value is -2.39. The number of phenolic OH excluding ortho intramolecular Hbond substituents is 1. The lowest BCUT2D eigenvalue weighted by Crippen LogP contribution is -2.06. The number of nitrogens with one attached hydrogen (secondary N) is 1. The third-order valence-corrected chi connectivity index (χ3v) is 4.71. The molecular weight excluding hydrogens is 431 g/mol. The van der Waals surface area contributed by atoms with Crippen LogP contribution in [-0.2, 0) is 6.18 Å². The summed E-state index contributed by atoms with van der Waals surface area (Å²) in [7, 11) is 0. The summed E-state index contributed by atoms with van der Waals surface area (Å²) in [6.45, 7) is 0. The SMILES string of the molecule is Oc1c(Br)cc(C(F)(F)F)cc1C=NNc1nc(-c2ccccc2)cs1. The molecule has 0 aliphatic heterocycles. The van der Waals surface area contributed by atoms with Crippen molar-refractivity contribution in [3.8, 4) is 17.0 Å². The van der Waals surface area contributed by atoms with Crippen LogP contribution >= 0.6 is 27.3 Å². The van der Waals surface area contributed by atoms with Crippen molar-refractivity contribution in [2.75, 3.05) is 5.43 Å². The molecule has 4 nitrogen and oxygen atoms in total. The van der Waals surface area contributed by atoms with Crippen LogP contribution in [0, 0.1) is 0 Å². The zero-order valence-corrected chi connectivity index (χ0v) is 15.4. The van der Waals surface area contributed by atoms with Gasteiger partial charge in [-0.3, -0.25) is 5.43 Å². The van der Waals surface area contributed by atoms with Gasteiger partial charge in [-0.15, -0.1) is 11.3 Å². The second-order valence-corrected chi connectivity index (χ2v) is 6.88. The van der Waals surface area contributed by atoms with Gasteiger partial charge in [-0.1, -0.05) is 30.3 Å². The van der Waals surface area contributed by atoms with Gasteiger partial charge < -0.3 is 5.11 Å². The average molecular weight is 442 g/mol. The number of rotatable bonds is 4. The Labute approximate surface area is 159 Å². The van der Waals surface area contributed by atoms with Crippen LogP contribution in [0.3, 0.4) is 0 Å². The minimum atomic E-state index is -4.52. The van der Waals surface area contributed by atoms with Gasteiger partial charge in [0.15, 0.2) is 0 Å². The van der Waals surface area contributed by atoms with Crippen LogP contribution in [0.5, 0.6) is 5.75 Å². The van der Waals surface area contributed by atoms with E-state index in [2.05, 4.69) is 31.4 Å². The van der Waals surface area contributed by atoms with E-state index < -0.39 is 11.7 Å². The Kier molecular flexibility index (Phi) is 5.28. The summed E-state index contributed by atoms with van der Waals surface area (Å²) in [4.78, 5) is 4.35. The summed E-state index contributed by atoms with van der Waals surface area (Å²) in [5.74, 6) is -0.326. The molecule has 26 heavy (non-hydrogen) atoms. The average Bonchev–Trinajstić information content (AvgIpc) is 3.07. The lowest BCUT2D eigenvalue weighted by Gasteiger charge is -2.10. The number of nitrogens with zero attached hydrogens (tertiary/aromatic N) is 2. The van der Waals surface area contributed by atoms with Gasteiger partial charge in [0.1, 0.15) is 5.75 Å². The molecule has 134 valence electrons. The highest BCUT2D eigenvalue weighted by molar-refractivity contribution is 9.10. The molecule has 2 N–H and O–H groups in total. The summed E-state index contributed by atoms with van der Waals surface area (Å²) < 4.78 is 38.5. The zero-order chi connectivity index (χ0) is 18.7. The molecule has 0 fully saturated rings. The first-order valence-electron chi connectivity index (χ1n) is 7.24. The molecule has 0 aliphatic rings. The van der Waals surface area contributed by atoms with E-state index in [1.807, 2.05) is 35.7 Å². The number of alkyl halides is 3. The second kappa shape index (κ2) is 7.46. The fourth-order valence-corrected chi connectivity index (χ4v) is 3.25. The van der Waals surface area contributed by atoms with Gasteiger partial charge in [-0.25, -0.2) is 4.98 Å². The summed E-state index contributed by atoms with van der Waals surface area (Å²) in [6, 6.07) is 11.2. The van der Waals surface area contributed by atoms with Crippen LogP contribution in [0.15, 0.2) is 57.4 Å². The number of aromatic nitrogens is 1. The second-order valence-electron chi connectivity index (χ2n) is 5.17.